The summed E-state index contributed by atoms with van der Waals surface area (Å²) in [5, 5.41) is 0. The zero-order valence-corrected chi connectivity index (χ0v) is 6.66. The van der Waals surface area contributed by atoms with Crippen molar-refractivity contribution in [3.63, 3.8) is 0 Å². The minimum absolute atomic E-state index is 0.0185. The van der Waals surface area contributed by atoms with Gasteiger partial charge in [-0.2, -0.15) is 0 Å². The first-order chi connectivity index (χ1) is 2.64. The summed E-state index contributed by atoms with van der Waals surface area (Å²) in [5.74, 6) is 0. The van der Waals surface area contributed by atoms with E-state index < -0.39 is 11.1 Å². The Morgan fingerprint density at radius 2 is 2.17 bits per heavy atom. The van der Waals surface area contributed by atoms with Crippen molar-refractivity contribution in [2.75, 3.05) is 0 Å². The SMILES string of the molecule is CC([SiH3])S(=O)O. The summed E-state index contributed by atoms with van der Waals surface area (Å²) in [7, 11) is 0.803. The Labute approximate surface area is 42.7 Å². The number of hydrogen-bond donors (Lipinski definition) is 1. The number of rotatable bonds is 1. The van der Waals surface area contributed by atoms with Gasteiger partial charge < -0.3 is 4.55 Å². The molecule has 0 amide bonds. The molecule has 0 aromatic heterocycles. The molecule has 38 valence electrons. The highest BCUT2D eigenvalue weighted by Crippen LogP contribution is 1.79. The minimum atomic E-state index is -1.56. The highest BCUT2D eigenvalue weighted by atomic mass is 32.2. The Hall–Kier alpha value is 0.327. The van der Waals surface area contributed by atoms with E-state index in [9.17, 15) is 4.21 Å². The first-order valence-corrected chi connectivity index (χ1v) is 4.06. The van der Waals surface area contributed by atoms with Crippen LogP contribution in [0.15, 0.2) is 0 Å². The van der Waals surface area contributed by atoms with E-state index in [0.29, 0.717) is 0 Å². The summed E-state index contributed by atoms with van der Waals surface area (Å²) in [4.78, 5) is 0.0185. The molecule has 0 heterocycles. The van der Waals surface area contributed by atoms with Gasteiger partial charge in [0.05, 0.1) is 0 Å². The van der Waals surface area contributed by atoms with Gasteiger partial charge in [0.1, 0.15) is 0 Å². The van der Waals surface area contributed by atoms with E-state index in [1.54, 1.807) is 6.92 Å². The van der Waals surface area contributed by atoms with Gasteiger partial charge in [-0.1, -0.05) is 6.92 Å². The van der Waals surface area contributed by atoms with E-state index in [1.165, 1.54) is 0 Å². The average molecular weight is 124 g/mol. The molecule has 1 N–H and O–H groups in total. The Kier molecular flexibility index (Phi) is 2.63. The van der Waals surface area contributed by atoms with Crippen molar-refractivity contribution in [2.45, 2.75) is 11.8 Å². The fourth-order valence-corrected chi connectivity index (χ4v) is 0. The molecule has 0 fully saturated rings. The molecule has 0 spiro atoms. The van der Waals surface area contributed by atoms with Gasteiger partial charge in [-0.25, -0.2) is 4.21 Å². The Morgan fingerprint density at radius 3 is 2.17 bits per heavy atom. The van der Waals surface area contributed by atoms with E-state index in [2.05, 4.69) is 0 Å². The van der Waals surface area contributed by atoms with Crippen molar-refractivity contribution in [2.24, 2.45) is 0 Å². The summed E-state index contributed by atoms with van der Waals surface area (Å²) >= 11 is -1.56. The maximum atomic E-state index is 9.84. The zero-order valence-electron chi connectivity index (χ0n) is 3.84. The second kappa shape index (κ2) is 2.49. The molecule has 0 aliphatic rings. The lowest BCUT2D eigenvalue weighted by molar-refractivity contribution is 0.562. The van der Waals surface area contributed by atoms with Gasteiger partial charge in [0.15, 0.2) is 11.1 Å². The van der Waals surface area contributed by atoms with E-state index in [1.807, 2.05) is 0 Å². The van der Waals surface area contributed by atoms with Crippen LogP contribution in [-0.2, 0) is 11.1 Å². The molecule has 2 nitrogen and oxygen atoms in total. The molecule has 0 aliphatic heterocycles. The van der Waals surface area contributed by atoms with Gasteiger partial charge in [0.25, 0.3) is 0 Å². The van der Waals surface area contributed by atoms with Crippen molar-refractivity contribution < 1.29 is 8.76 Å². The first-order valence-electron chi connectivity index (χ1n) is 1.74. The standard InChI is InChI=1S/C2H8O2SSi/c1-2(6)5(3)4/h2H,1,6H3,(H,3,4). The van der Waals surface area contributed by atoms with Gasteiger partial charge in [0, 0.05) is 15.1 Å². The summed E-state index contributed by atoms with van der Waals surface area (Å²) in [5.41, 5.74) is 0. The lowest BCUT2D eigenvalue weighted by Gasteiger charge is -1.90. The van der Waals surface area contributed by atoms with Crippen LogP contribution in [-0.4, -0.2) is 23.9 Å². The van der Waals surface area contributed by atoms with Crippen molar-refractivity contribution in [1.29, 1.82) is 0 Å². The fraction of sp³-hybridized carbons (Fsp3) is 1.00. The predicted octanol–water partition coefficient (Wildman–Crippen LogP) is -1.08. The van der Waals surface area contributed by atoms with Crippen molar-refractivity contribution in [3.05, 3.63) is 0 Å². The lowest BCUT2D eigenvalue weighted by atomic mass is 11.0. The second-order valence-corrected chi connectivity index (χ2v) is 5.39. The molecule has 0 aromatic carbocycles. The molecule has 2 unspecified atom stereocenters. The van der Waals surface area contributed by atoms with Crippen LogP contribution in [0.25, 0.3) is 0 Å². The second-order valence-electron chi connectivity index (χ2n) is 1.32. The third kappa shape index (κ3) is 2.56. The maximum Gasteiger partial charge on any atom is 0.151 e. The largest absolute Gasteiger partial charge is 0.306 e. The van der Waals surface area contributed by atoms with Crippen LogP contribution in [0.1, 0.15) is 6.92 Å². The van der Waals surface area contributed by atoms with Crippen molar-refractivity contribution in [3.8, 4) is 0 Å². The molecular formula is C2H8O2SSi. The van der Waals surface area contributed by atoms with Gasteiger partial charge in [-0.3, -0.25) is 0 Å². The molecule has 2 atom stereocenters. The minimum Gasteiger partial charge on any atom is -0.306 e. The van der Waals surface area contributed by atoms with E-state index in [0.717, 1.165) is 10.2 Å². The lowest BCUT2D eigenvalue weighted by Crippen LogP contribution is -2.07. The smallest absolute Gasteiger partial charge is 0.151 e. The van der Waals surface area contributed by atoms with Crippen molar-refractivity contribution in [1.82, 2.24) is 0 Å². The molecule has 4 heteroatoms. The predicted molar refractivity (Wildman–Crippen MR) is 30.2 cm³/mol. The quantitative estimate of drug-likeness (QED) is 0.356. The maximum absolute atomic E-state index is 9.84. The molecule has 0 saturated heterocycles. The highest BCUT2D eigenvalue weighted by molar-refractivity contribution is 7.81. The molecule has 0 aliphatic carbocycles. The third-order valence-corrected chi connectivity index (χ3v) is 2.42. The molecule has 0 saturated carbocycles. The zero-order chi connectivity index (χ0) is 5.15. The van der Waals surface area contributed by atoms with Gasteiger partial charge >= 0.3 is 0 Å². The number of hydrogen-bond acceptors (Lipinski definition) is 1. The Morgan fingerprint density at radius 1 is 2.00 bits per heavy atom. The Bertz CT molecular complexity index is 62.6. The molecule has 0 radical (unpaired) electrons. The van der Waals surface area contributed by atoms with Crippen LogP contribution >= 0.6 is 0 Å². The summed E-state index contributed by atoms with van der Waals surface area (Å²) < 4.78 is 18.0. The Balaban J connectivity index is 3.26. The molecule has 6 heavy (non-hydrogen) atoms. The van der Waals surface area contributed by atoms with Gasteiger partial charge in [-0.05, 0) is 0 Å². The van der Waals surface area contributed by atoms with Crippen LogP contribution in [0, 0.1) is 0 Å². The van der Waals surface area contributed by atoms with Crippen LogP contribution in [0.4, 0.5) is 0 Å². The topological polar surface area (TPSA) is 37.3 Å². The highest BCUT2D eigenvalue weighted by Gasteiger charge is 1.95. The van der Waals surface area contributed by atoms with Crippen LogP contribution in [0.2, 0.25) is 0 Å². The summed E-state index contributed by atoms with van der Waals surface area (Å²) in [6.07, 6.45) is 0. The van der Waals surface area contributed by atoms with E-state index in [4.69, 9.17) is 4.55 Å². The normalized spacial score (nSPS) is 20.3. The summed E-state index contributed by atoms with van der Waals surface area (Å²) in [6.45, 7) is 1.75. The molecule has 0 aromatic rings. The molecule has 0 rings (SSSR count). The van der Waals surface area contributed by atoms with Gasteiger partial charge in [0.2, 0.25) is 0 Å². The fourth-order valence-electron chi connectivity index (χ4n) is 0. The molecule has 0 bridgehead atoms. The van der Waals surface area contributed by atoms with Crippen molar-refractivity contribution >= 4 is 21.3 Å². The van der Waals surface area contributed by atoms with Crippen LogP contribution < -0.4 is 0 Å². The average Bonchev–Trinajstić information content (AvgIpc) is 1.36. The third-order valence-electron chi connectivity index (χ3n) is 0.403. The van der Waals surface area contributed by atoms with E-state index >= 15 is 0 Å². The first kappa shape index (κ1) is 6.33. The van der Waals surface area contributed by atoms with Crippen LogP contribution in [0.3, 0.4) is 0 Å². The molecular weight excluding hydrogens is 116 g/mol. The van der Waals surface area contributed by atoms with E-state index in [-0.39, 0.29) is 4.87 Å². The summed E-state index contributed by atoms with van der Waals surface area (Å²) in [6, 6.07) is 0. The monoisotopic (exact) mass is 124 g/mol. The van der Waals surface area contributed by atoms with Gasteiger partial charge in [-0.15, -0.1) is 0 Å². The van der Waals surface area contributed by atoms with Crippen LogP contribution in [0.5, 0.6) is 0 Å².